The third-order valence-electron chi connectivity index (χ3n) is 4.71. The fraction of sp³-hybridized carbons (Fsp3) is 0.667. The summed E-state index contributed by atoms with van der Waals surface area (Å²) in [4.78, 5) is 0. The van der Waals surface area contributed by atoms with Crippen molar-refractivity contribution in [3.8, 4) is 0 Å². The number of hydrogen-bond acceptors (Lipinski definition) is 1. The highest BCUT2D eigenvalue weighted by Gasteiger charge is 2.21. The highest BCUT2D eigenvalue weighted by Crippen LogP contribution is 2.25. The van der Waals surface area contributed by atoms with E-state index in [9.17, 15) is 0 Å². The van der Waals surface area contributed by atoms with Crippen LogP contribution in [0.4, 0.5) is 0 Å². The molecule has 0 bridgehead atoms. The molecule has 1 aliphatic rings. The van der Waals surface area contributed by atoms with Crippen molar-refractivity contribution in [2.75, 3.05) is 0 Å². The summed E-state index contributed by atoms with van der Waals surface area (Å²) >= 11 is 0. The van der Waals surface area contributed by atoms with Gasteiger partial charge in [0.1, 0.15) is 0 Å². The van der Waals surface area contributed by atoms with Crippen LogP contribution in [-0.2, 0) is 6.42 Å². The van der Waals surface area contributed by atoms with Gasteiger partial charge < -0.3 is 5.32 Å². The van der Waals surface area contributed by atoms with Gasteiger partial charge in [-0.1, -0.05) is 57.4 Å². The van der Waals surface area contributed by atoms with Gasteiger partial charge in [-0.2, -0.15) is 0 Å². The zero-order chi connectivity index (χ0) is 13.7. The van der Waals surface area contributed by atoms with E-state index in [1.807, 2.05) is 0 Å². The van der Waals surface area contributed by atoms with E-state index in [1.54, 1.807) is 0 Å². The SMILES string of the molecule is CCc1ccc(C(C)NC2CCCCCC2C)cc1. The number of nitrogens with one attached hydrogen (secondary N) is 1. The standard InChI is InChI=1S/C18H29N/c1-4-16-10-12-17(13-11-16)15(3)19-18-9-7-5-6-8-14(18)2/h10-15,18-19H,4-9H2,1-3H3. The van der Waals surface area contributed by atoms with Crippen molar-refractivity contribution in [3.63, 3.8) is 0 Å². The molecule has 0 aliphatic heterocycles. The van der Waals surface area contributed by atoms with Gasteiger partial charge in [-0.25, -0.2) is 0 Å². The van der Waals surface area contributed by atoms with Crippen LogP contribution in [0, 0.1) is 5.92 Å². The summed E-state index contributed by atoms with van der Waals surface area (Å²) in [5, 5.41) is 3.86. The zero-order valence-corrected chi connectivity index (χ0v) is 12.8. The average Bonchev–Trinajstić information content (AvgIpc) is 2.64. The predicted octanol–water partition coefficient (Wildman–Crippen LogP) is 4.87. The maximum atomic E-state index is 3.86. The molecular weight excluding hydrogens is 230 g/mol. The fourth-order valence-corrected chi connectivity index (χ4v) is 3.20. The van der Waals surface area contributed by atoms with Gasteiger partial charge in [0.2, 0.25) is 0 Å². The summed E-state index contributed by atoms with van der Waals surface area (Å²) in [5.74, 6) is 0.819. The average molecular weight is 259 g/mol. The Hall–Kier alpha value is -0.820. The van der Waals surface area contributed by atoms with Crippen LogP contribution in [0.15, 0.2) is 24.3 Å². The number of aryl methyl sites for hydroxylation is 1. The minimum atomic E-state index is 0.469. The lowest BCUT2D eigenvalue weighted by Gasteiger charge is -2.27. The third kappa shape index (κ3) is 4.07. The molecule has 0 aromatic heterocycles. The van der Waals surface area contributed by atoms with Crippen molar-refractivity contribution in [1.29, 1.82) is 0 Å². The van der Waals surface area contributed by atoms with E-state index in [0.29, 0.717) is 12.1 Å². The van der Waals surface area contributed by atoms with Crippen molar-refractivity contribution >= 4 is 0 Å². The quantitative estimate of drug-likeness (QED) is 0.761. The van der Waals surface area contributed by atoms with Crippen LogP contribution in [0.2, 0.25) is 0 Å². The molecule has 1 fully saturated rings. The Kier molecular flexibility index (Phi) is 5.45. The van der Waals surface area contributed by atoms with E-state index in [2.05, 4.69) is 50.4 Å². The zero-order valence-electron chi connectivity index (χ0n) is 12.8. The van der Waals surface area contributed by atoms with E-state index in [1.165, 1.54) is 43.2 Å². The minimum absolute atomic E-state index is 0.469. The minimum Gasteiger partial charge on any atom is -0.307 e. The molecule has 1 nitrogen and oxygen atoms in total. The van der Waals surface area contributed by atoms with Crippen LogP contribution in [0.5, 0.6) is 0 Å². The summed E-state index contributed by atoms with van der Waals surface area (Å²) in [7, 11) is 0. The van der Waals surface area contributed by atoms with Gasteiger partial charge in [-0.3, -0.25) is 0 Å². The van der Waals surface area contributed by atoms with Crippen LogP contribution >= 0.6 is 0 Å². The maximum Gasteiger partial charge on any atom is 0.0294 e. The topological polar surface area (TPSA) is 12.0 Å². The Bertz CT molecular complexity index is 368. The lowest BCUT2D eigenvalue weighted by atomic mass is 9.95. The van der Waals surface area contributed by atoms with E-state index in [4.69, 9.17) is 0 Å². The normalized spacial score (nSPS) is 25.8. The molecule has 3 unspecified atom stereocenters. The molecule has 19 heavy (non-hydrogen) atoms. The van der Waals surface area contributed by atoms with E-state index >= 15 is 0 Å². The molecule has 0 spiro atoms. The first kappa shape index (κ1) is 14.6. The van der Waals surface area contributed by atoms with Crippen LogP contribution in [0.3, 0.4) is 0 Å². The monoisotopic (exact) mass is 259 g/mol. The largest absolute Gasteiger partial charge is 0.307 e. The first-order valence-electron chi connectivity index (χ1n) is 8.05. The smallest absolute Gasteiger partial charge is 0.0294 e. The summed E-state index contributed by atoms with van der Waals surface area (Å²) < 4.78 is 0. The van der Waals surface area contributed by atoms with Crippen LogP contribution in [-0.4, -0.2) is 6.04 Å². The van der Waals surface area contributed by atoms with Crippen molar-refractivity contribution < 1.29 is 0 Å². The maximum absolute atomic E-state index is 3.86. The Morgan fingerprint density at radius 2 is 1.79 bits per heavy atom. The van der Waals surface area contributed by atoms with E-state index in [0.717, 1.165) is 12.3 Å². The molecule has 3 atom stereocenters. The van der Waals surface area contributed by atoms with Crippen LogP contribution in [0.1, 0.15) is 70.0 Å². The van der Waals surface area contributed by atoms with Gasteiger partial charge in [-0.05, 0) is 43.2 Å². The number of hydrogen-bond donors (Lipinski definition) is 1. The van der Waals surface area contributed by atoms with Crippen molar-refractivity contribution in [3.05, 3.63) is 35.4 Å². The highest BCUT2D eigenvalue weighted by molar-refractivity contribution is 5.24. The van der Waals surface area contributed by atoms with E-state index in [-0.39, 0.29) is 0 Å². The van der Waals surface area contributed by atoms with Gasteiger partial charge in [0.15, 0.2) is 0 Å². The predicted molar refractivity (Wildman–Crippen MR) is 83.4 cm³/mol. The molecule has 1 N–H and O–H groups in total. The van der Waals surface area contributed by atoms with Gasteiger partial charge in [0.25, 0.3) is 0 Å². The van der Waals surface area contributed by atoms with Gasteiger partial charge in [0, 0.05) is 12.1 Å². The molecular formula is C18H29N. The van der Waals surface area contributed by atoms with Gasteiger partial charge in [-0.15, -0.1) is 0 Å². The molecule has 0 amide bonds. The van der Waals surface area contributed by atoms with Crippen molar-refractivity contribution in [2.24, 2.45) is 5.92 Å². The van der Waals surface area contributed by atoms with Crippen LogP contribution in [0.25, 0.3) is 0 Å². The number of benzene rings is 1. The molecule has 1 aromatic rings. The second-order valence-corrected chi connectivity index (χ2v) is 6.21. The highest BCUT2D eigenvalue weighted by atomic mass is 14.9. The first-order chi connectivity index (χ1) is 9.20. The fourth-order valence-electron chi connectivity index (χ4n) is 3.20. The Balaban J connectivity index is 1.96. The molecule has 1 aromatic carbocycles. The Morgan fingerprint density at radius 1 is 1.11 bits per heavy atom. The summed E-state index contributed by atoms with van der Waals surface area (Å²) in [5.41, 5.74) is 2.85. The van der Waals surface area contributed by atoms with Gasteiger partial charge in [0.05, 0.1) is 0 Å². The molecule has 106 valence electrons. The van der Waals surface area contributed by atoms with Crippen LogP contribution < -0.4 is 5.32 Å². The lowest BCUT2D eigenvalue weighted by molar-refractivity contribution is 0.330. The lowest BCUT2D eigenvalue weighted by Crippen LogP contribution is -2.36. The first-order valence-corrected chi connectivity index (χ1v) is 8.05. The van der Waals surface area contributed by atoms with Crippen molar-refractivity contribution in [1.82, 2.24) is 5.32 Å². The molecule has 2 rings (SSSR count). The molecule has 0 heterocycles. The Labute approximate surface area is 118 Å². The summed E-state index contributed by atoms with van der Waals surface area (Å²) in [6.45, 7) is 6.93. The summed E-state index contributed by atoms with van der Waals surface area (Å²) in [6, 6.07) is 10.3. The molecule has 1 saturated carbocycles. The molecule has 0 radical (unpaired) electrons. The third-order valence-corrected chi connectivity index (χ3v) is 4.71. The Morgan fingerprint density at radius 3 is 2.47 bits per heavy atom. The second-order valence-electron chi connectivity index (χ2n) is 6.21. The molecule has 1 aliphatic carbocycles. The van der Waals surface area contributed by atoms with Gasteiger partial charge >= 0.3 is 0 Å². The summed E-state index contributed by atoms with van der Waals surface area (Å²) in [6.07, 6.45) is 8.09. The van der Waals surface area contributed by atoms with Crippen molar-refractivity contribution in [2.45, 2.75) is 71.4 Å². The van der Waals surface area contributed by atoms with E-state index < -0.39 is 0 Å². The number of rotatable bonds is 4. The molecule has 1 heteroatoms. The molecule has 0 saturated heterocycles. The second kappa shape index (κ2) is 7.09.